The standard InChI is InChI=1S/C16H17BrFNO/c1-9-6-13(7-10(2)16(9)17)20-15-5-4-12(11(3)19)8-14(15)18/h4-8,11H,19H2,1-3H3/t11-/m1/s1. The largest absolute Gasteiger partial charge is 0.454 e. The van der Waals surface area contributed by atoms with Crippen LogP contribution in [0.15, 0.2) is 34.8 Å². The van der Waals surface area contributed by atoms with Crippen LogP contribution in [0, 0.1) is 19.7 Å². The molecular weight excluding hydrogens is 321 g/mol. The van der Waals surface area contributed by atoms with Crippen LogP contribution in [0.1, 0.15) is 29.7 Å². The van der Waals surface area contributed by atoms with Gasteiger partial charge < -0.3 is 10.5 Å². The Morgan fingerprint density at radius 2 is 1.75 bits per heavy atom. The molecule has 0 unspecified atom stereocenters. The van der Waals surface area contributed by atoms with Crippen molar-refractivity contribution < 1.29 is 9.13 Å². The highest BCUT2D eigenvalue weighted by Gasteiger charge is 2.10. The van der Waals surface area contributed by atoms with Gasteiger partial charge in [0.15, 0.2) is 11.6 Å². The van der Waals surface area contributed by atoms with Crippen LogP contribution in [0.25, 0.3) is 0 Å². The molecule has 2 rings (SSSR count). The third-order valence-electron chi connectivity index (χ3n) is 3.12. The monoisotopic (exact) mass is 337 g/mol. The molecule has 0 radical (unpaired) electrons. The smallest absolute Gasteiger partial charge is 0.166 e. The third kappa shape index (κ3) is 3.19. The molecule has 2 aromatic carbocycles. The van der Waals surface area contributed by atoms with Gasteiger partial charge in [0.05, 0.1) is 0 Å². The summed E-state index contributed by atoms with van der Waals surface area (Å²) in [6.45, 7) is 5.76. The van der Waals surface area contributed by atoms with Gasteiger partial charge >= 0.3 is 0 Å². The van der Waals surface area contributed by atoms with Gasteiger partial charge in [-0.25, -0.2) is 4.39 Å². The molecule has 2 N–H and O–H groups in total. The molecule has 0 saturated carbocycles. The Bertz CT molecular complexity index is 617. The first-order valence-electron chi connectivity index (χ1n) is 6.38. The molecule has 0 fully saturated rings. The highest BCUT2D eigenvalue weighted by atomic mass is 79.9. The maximum atomic E-state index is 14.0. The minimum Gasteiger partial charge on any atom is -0.454 e. The van der Waals surface area contributed by atoms with Gasteiger partial charge in [-0.15, -0.1) is 0 Å². The molecular formula is C16H17BrFNO. The van der Waals surface area contributed by atoms with Crippen molar-refractivity contribution in [2.75, 3.05) is 0 Å². The first-order chi connectivity index (χ1) is 9.38. The third-order valence-corrected chi connectivity index (χ3v) is 4.37. The lowest BCUT2D eigenvalue weighted by Crippen LogP contribution is -2.05. The SMILES string of the molecule is Cc1cc(Oc2ccc([C@@H](C)N)cc2F)cc(C)c1Br. The molecule has 0 aromatic heterocycles. The van der Waals surface area contributed by atoms with E-state index in [4.69, 9.17) is 10.5 Å². The molecule has 2 aromatic rings. The van der Waals surface area contributed by atoms with Crippen LogP contribution >= 0.6 is 15.9 Å². The molecule has 106 valence electrons. The first-order valence-corrected chi connectivity index (χ1v) is 7.17. The van der Waals surface area contributed by atoms with Gasteiger partial charge in [0.2, 0.25) is 0 Å². The van der Waals surface area contributed by atoms with Gasteiger partial charge in [-0.1, -0.05) is 22.0 Å². The molecule has 0 aliphatic carbocycles. The lowest BCUT2D eigenvalue weighted by Gasteiger charge is -2.12. The number of hydrogen-bond acceptors (Lipinski definition) is 2. The fourth-order valence-corrected chi connectivity index (χ4v) is 2.20. The van der Waals surface area contributed by atoms with E-state index in [0.29, 0.717) is 5.75 Å². The molecule has 0 heterocycles. The maximum Gasteiger partial charge on any atom is 0.166 e. The Morgan fingerprint density at radius 3 is 2.25 bits per heavy atom. The van der Waals surface area contributed by atoms with Crippen molar-refractivity contribution in [1.29, 1.82) is 0 Å². The van der Waals surface area contributed by atoms with E-state index < -0.39 is 5.82 Å². The number of halogens is 2. The van der Waals surface area contributed by atoms with E-state index in [1.807, 2.05) is 32.9 Å². The summed E-state index contributed by atoms with van der Waals surface area (Å²) in [6.07, 6.45) is 0. The second-order valence-electron chi connectivity index (χ2n) is 4.95. The van der Waals surface area contributed by atoms with E-state index in [-0.39, 0.29) is 11.8 Å². The fourth-order valence-electron chi connectivity index (χ4n) is 1.98. The summed E-state index contributed by atoms with van der Waals surface area (Å²) in [6, 6.07) is 8.35. The number of rotatable bonds is 3. The summed E-state index contributed by atoms with van der Waals surface area (Å²) in [7, 11) is 0. The van der Waals surface area contributed by atoms with Crippen molar-refractivity contribution in [2.45, 2.75) is 26.8 Å². The van der Waals surface area contributed by atoms with Gasteiger partial charge in [-0.2, -0.15) is 0 Å². The lowest BCUT2D eigenvalue weighted by atomic mass is 10.1. The van der Waals surface area contributed by atoms with Crippen LogP contribution in [0.2, 0.25) is 0 Å². The van der Waals surface area contributed by atoms with Crippen LogP contribution in [0.4, 0.5) is 4.39 Å². The van der Waals surface area contributed by atoms with Gasteiger partial charge in [-0.05, 0) is 61.7 Å². The summed E-state index contributed by atoms with van der Waals surface area (Å²) in [5.41, 5.74) is 8.57. The van der Waals surface area contributed by atoms with Crippen LogP contribution in [0.5, 0.6) is 11.5 Å². The first kappa shape index (κ1) is 15.0. The summed E-state index contributed by atoms with van der Waals surface area (Å²) < 4.78 is 20.7. The fraction of sp³-hybridized carbons (Fsp3) is 0.250. The van der Waals surface area contributed by atoms with E-state index in [1.165, 1.54) is 6.07 Å². The molecule has 0 spiro atoms. The van der Waals surface area contributed by atoms with Gasteiger partial charge in [0.25, 0.3) is 0 Å². The van der Waals surface area contributed by atoms with Crippen LogP contribution in [-0.4, -0.2) is 0 Å². The topological polar surface area (TPSA) is 35.2 Å². The van der Waals surface area contributed by atoms with Gasteiger partial charge in [0.1, 0.15) is 5.75 Å². The minimum atomic E-state index is -0.405. The Morgan fingerprint density at radius 1 is 1.15 bits per heavy atom. The normalized spacial score (nSPS) is 12.3. The number of aryl methyl sites for hydroxylation is 2. The number of nitrogens with two attached hydrogens (primary N) is 1. The van der Waals surface area contributed by atoms with E-state index in [0.717, 1.165) is 21.2 Å². The zero-order valence-corrected chi connectivity index (χ0v) is 13.3. The minimum absolute atomic E-state index is 0.198. The predicted octanol–water partition coefficient (Wildman–Crippen LogP) is 5.02. The second kappa shape index (κ2) is 5.94. The zero-order chi connectivity index (χ0) is 14.9. The molecule has 0 bridgehead atoms. The highest BCUT2D eigenvalue weighted by molar-refractivity contribution is 9.10. The quantitative estimate of drug-likeness (QED) is 0.853. The van der Waals surface area contributed by atoms with Crippen molar-refractivity contribution in [1.82, 2.24) is 0 Å². The molecule has 0 amide bonds. The average molecular weight is 338 g/mol. The Balaban J connectivity index is 2.31. The zero-order valence-electron chi connectivity index (χ0n) is 11.7. The van der Waals surface area contributed by atoms with Crippen molar-refractivity contribution >= 4 is 15.9 Å². The Hall–Kier alpha value is -1.39. The van der Waals surface area contributed by atoms with Crippen molar-refractivity contribution in [3.8, 4) is 11.5 Å². The van der Waals surface area contributed by atoms with Crippen LogP contribution in [-0.2, 0) is 0 Å². The van der Waals surface area contributed by atoms with Crippen LogP contribution < -0.4 is 10.5 Å². The molecule has 0 aliphatic heterocycles. The van der Waals surface area contributed by atoms with Crippen LogP contribution in [0.3, 0.4) is 0 Å². The Labute approximate surface area is 126 Å². The Kier molecular flexibility index (Phi) is 4.45. The van der Waals surface area contributed by atoms with Crippen molar-refractivity contribution in [3.05, 3.63) is 57.3 Å². The maximum absolute atomic E-state index is 14.0. The highest BCUT2D eigenvalue weighted by Crippen LogP contribution is 2.31. The van der Waals surface area contributed by atoms with E-state index >= 15 is 0 Å². The number of hydrogen-bond donors (Lipinski definition) is 1. The number of benzene rings is 2. The van der Waals surface area contributed by atoms with Crippen molar-refractivity contribution in [2.24, 2.45) is 5.73 Å². The summed E-state index contributed by atoms with van der Waals surface area (Å²) in [4.78, 5) is 0. The van der Waals surface area contributed by atoms with Crippen molar-refractivity contribution in [3.63, 3.8) is 0 Å². The summed E-state index contributed by atoms with van der Waals surface area (Å²) in [5, 5.41) is 0. The average Bonchev–Trinajstić information content (AvgIpc) is 2.38. The van der Waals surface area contributed by atoms with E-state index in [2.05, 4.69) is 15.9 Å². The second-order valence-corrected chi connectivity index (χ2v) is 5.74. The van der Waals surface area contributed by atoms with Gasteiger partial charge in [0, 0.05) is 10.5 Å². The molecule has 4 heteroatoms. The van der Waals surface area contributed by atoms with E-state index in [1.54, 1.807) is 12.1 Å². The molecule has 20 heavy (non-hydrogen) atoms. The van der Waals surface area contributed by atoms with Gasteiger partial charge in [-0.3, -0.25) is 0 Å². The molecule has 0 saturated heterocycles. The summed E-state index contributed by atoms with van der Waals surface area (Å²) in [5.74, 6) is 0.421. The molecule has 1 atom stereocenters. The molecule has 2 nitrogen and oxygen atoms in total. The lowest BCUT2D eigenvalue weighted by molar-refractivity contribution is 0.440. The number of ether oxygens (including phenoxy) is 1. The van der Waals surface area contributed by atoms with E-state index in [9.17, 15) is 4.39 Å². The molecule has 0 aliphatic rings. The predicted molar refractivity (Wildman–Crippen MR) is 82.7 cm³/mol. The summed E-state index contributed by atoms with van der Waals surface area (Å²) >= 11 is 3.50.